The van der Waals surface area contributed by atoms with E-state index >= 15 is 0 Å². The molecular weight excluding hydrogens is 298 g/mol. The summed E-state index contributed by atoms with van der Waals surface area (Å²) in [5.41, 5.74) is 12.7. The van der Waals surface area contributed by atoms with Crippen molar-refractivity contribution in [3.05, 3.63) is 59.2 Å². The Hall–Kier alpha value is -2.73. The maximum atomic E-state index is 12.1. The molecule has 6 heteroatoms. The summed E-state index contributed by atoms with van der Waals surface area (Å²) in [6.45, 7) is 0. The largest absolute Gasteiger partial charge is 0.465 e. The van der Waals surface area contributed by atoms with E-state index in [1.807, 2.05) is 36.4 Å². The first-order valence-electron chi connectivity index (χ1n) is 6.58. The summed E-state index contributed by atoms with van der Waals surface area (Å²) in [4.78, 5) is 12.1. The first-order chi connectivity index (χ1) is 10.6. The van der Waals surface area contributed by atoms with Crippen LogP contribution in [0.15, 0.2) is 47.6 Å². The Morgan fingerprint density at radius 3 is 2.50 bits per heavy atom. The second-order valence-electron chi connectivity index (χ2n) is 4.70. The van der Waals surface area contributed by atoms with Gasteiger partial charge in [0.15, 0.2) is 5.11 Å². The minimum absolute atomic E-state index is 0.0639. The maximum absolute atomic E-state index is 12.1. The average molecular weight is 311 g/mol. The molecule has 3 rings (SSSR count). The topological polar surface area (TPSA) is 76.7 Å². The number of hydrogen-bond donors (Lipinski definition) is 2. The van der Waals surface area contributed by atoms with Crippen LogP contribution in [0, 0.1) is 0 Å². The van der Waals surface area contributed by atoms with Crippen LogP contribution in [0.3, 0.4) is 0 Å². The minimum Gasteiger partial charge on any atom is -0.465 e. The summed E-state index contributed by atoms with van der Waals surface area (Å²) in [6, 6.07) is 13.3. The van der Waals surface area contributed by atoms with Gasteiger partial charge in [-0.25, -0.2) is 4.79 Å². The number of fused-ring (bicyclic) bond motifs is 3. The second-order valence-corrected chi connectivity index (χ2v) is 5.14. The fourth-order valence-electron chi connectivity index (χ4n) is 2.60. The molecule has 22 heavy (non-hydrogen) atoms. The third-order valence-corrected chi connectivity index (χ3v) is 3.55. The number of carbonyl (C=O) groups excluding carboxylic acids is 1. The minimum atomic E-state index is -0.410. The maximum Gasteiger partial charge on any atom is 0.338 e. The molecule has 0 amide bonds. The predicted octanol–water partition coefficient (Wildman–Crippen LogP) is 2.04. The van der Waals surface area contributed by atoms with Gasteiger partial charge in [-0.2, -0.15) is 5.10 Å². The number of nitrogens with zero attached hydrogens (tertiary/aromatic N) is 1. The second kappa shape index (κ2) is 5.57. The molecule has 2 aromatic rings. The molecule has 0 unspecified atom stereocenters. The van der Waals surface area contributed by atoms with E-state index in [0.717, 1.165) is 22.3 Å². The van der Waals surface area contributed by atoms with Gasteiger partial charge in [0, 0.05) is 11.1 Å². The molecule has 1 aliphatic rings. The molecule has 0 saturated carbocycles. The number of thiocarbonyl (C=S) groups is 1. The van der Waals surface area contributed by atoms with E-state index in [1.54, 1.807) is 6.07 Å². The predicted molar refractivity (Wildman–Crippen MR) is 88.8 cm³/mol. The van der Waals surface area contributed by atoms with Crippen molar-refractivity contribution in [1.82, 2.24) is 5.43 Å². The van der Waals surface area contributed by atoms with Crippen LogP contribution < -0.4 is 11.2 Å². The van der Waals surface area contributed by atoms with Crippen molar-refractivity contribution in [2.75, 3.05) is 7.11 Å². The number of ether oxygens (including phenoxy) is 1. The molecular formula is C16H13N3O2S. The Bertz CT molecular complexity index is 815. The first kappa shape index (κ1) is 14.2. The van der Waals surface area contributed by atoms with Gasteiger partial charge in [-0.1, -0.05) is 36.4 Å². The van der Waals surface area contributed by atoms with Crippen LogP contribution >= 0.6 is 12.2 Å². The number of rotatable bonds is 2. The Labute approximate surface area is 132 Å². The number of nitrogens with one attached hydrogen (secondary N) is 1. The van der Waals surface area contributed by atoms with Gasteiger partial charge >= 0.3 is 5.97 Å². The van der Waals surface area contributed by atoms with Gasteiger partial charge in [-0.15, -0.1) is 0 Å². The first-order valence-corrected chi connectivity index (χ1v) is 6.99. The highest BCUT2D eigenvalue weighted by molar-refractivity contribution is 7.80. The summed E-state index contributed by atoms with van der Waals surface area (Å²) in [5.74, 6) is -0.410. The molecule has 0 aromatic heterocycles. The number of nitrogens with two attached hydrogens (primary N) is 1. The van der Waals surface area contributed by atoms with Crippen LogP contribution in [0.25, 0.3) is 11.1 Å². The molecule has 110 valence electrons. The normalized spacial score (nSPS) is 13.4. The molecule has 0 heterocycles. The van der Waals surface area contributed by atoms with Crippen LogP contribution in [0.1, 0.15) is 21.5 Å². The summed E-state index contributed by atoms with van der Waals surface area (Å²) in [6.07, 6.45) is 0. The Balaban J connectivity index is 2.27. The molecule has 0 radical (unpaired) electrons. The number of benzene rings is 2. The summed E-state index contributed by atoms with van der Waals surface area (Å²) in [5, 5.41) is 4.34. The fraction of sp³-hybridized carbons (Fsp3) is 0.0625. The zero-order valence-electron chi connectivity index (χ0n) is 11.8. The summed E-state index contributed by atoms with van der Waals surface area (Å²) < 4.78 is 4.87. The number of hydrogen-bond acceptors (Lipinski definition) is 4. The van der Waals surface area contributed by atoms with Crippen molar-refractivity contribution in [2.45, 2.75) is 0 Å². The number of carbonyl (C=O) groups is 1. The van der Waals surface area contributed by atoms with Crippen molar-refractivity contribution in [3.8, 4) is 11.1 Å². The lowest BCUT2D eigenvalue weighted by molar-refractivity contribution is 0.0600. The van der Waals surface area contributed by atoms with E-state index in [-0.39, 0.29) is 5.11 Å². The lowest BCUT2D eigenvalue weighted by Crippen LogP contribution is -2.26. The standard InChI is InChI=1S/C16H13N3O2S/c1-21-15(20)12-8-4-7-10-9-5-2-3-6-11(9)14(13(10)12)18-19-16(17)22/h2-8H,1H3,(H3,17,19,22). The lowest BCUT2D eigenvalue weighted by atomic mass is 10.0. The van der Waals surface area contributed by atoms with Gasteiger partial charge in [-0.3, -0.25) is 5.43 Å². The average Bonchev–Trinajstić information content (AvgIpc) is 2.86. The lowest BCUT2D eigenvalue weighted by Gasteiger charge is -2.08. The summed E-state index contributed by atoms with van der Waals surface area (Å²) >= 11 is 4.80. The van der Waals surface area contributed by atoms with E-state index in [9.17, 15) is 4.79 Å². The quantitative estimate of drug-likeness (QED) is 0.430. The molecule has 3 N–H and O–H groups in total. The van der Waals surface area contributed by atoms with Crippen molar-refractivity contribution < 1.29 is 9.53 Å². The molecule has 0 saturated heterocycles. The molecule has 0 bridgehead atoms. The summed E-state index contributed by atoms with van der Waals surface area (Å²) in [7, 11) is 1.36. The Morgan fingerprint density at radius 2 is 1.82 bits per heavy atom. The van der Waals surface area contributed by atoms with Gasteiger partial charge in [0.05, 0.1) is 18.4 Å². The number of hydrazone groups is 1. The highest BCUT2D eigenvalue weighted by Gasteiger charge is 2.29. The van der Waals surface area contributed by atoms with E-state index < -0.39 is 5.97 Å². The van der Waals surface area contributed by atoms with Crippen LogP contribution in [0.5, 0.6) is 0 Å². The van der Waals surface area contributed by atoms with Gasteiger partial charge in [0.25, 0.3) is 0 Å². The Morgan fingerprint density at radius 1 is 1.14 bits per heavy atom. The number of esters is 1. The van der Waals surface area contributed by atoms with Crippen LogP contribution in [-0.2, 0) is 4.74 Å². The highest BCUT2D eigenvalue weighted by atomic mass is 32.1. The SMILES string of the molecule is COC(=O)c1cccc2c1C(=NNC(N)=S)c1ccccc1-2. The zero-order chi connectivity index (χ0) is 15.7. The molecule has 0 atom stereocenters. The van der Waals surface area contributed by atoms with Crippen molar-refractivity contribution in [1.29, 1.82) is 0 Å². The van der Waals surface area contributed by atoms with Crippen LogP contribution in [0.4, 0.5) is 0 Å². The molecule has 0 spiro atoms. The van der Waals surface area contributed by atoms with Gasteiger partial charge < -0.3 is 10.5 Å². The third kappa shape index (κ3) is 2.23. The molecule has 5 nitrogen and oxygen atoms in total. The monoisotopic (exact) mass is 311 g/mol. The van der Waals surface area contributed by atoms with Crippen LogP contribution in [-0.4, -0.2) is 23.9 Å². The molecule has 2 aromatic carbocycles. The van der Waals surface area contributed by atoms with Crippen molar-refractivity contribution in [2.24, 2.45) is 10.8 Å². The van der Waals surface area contributed by atoms with Crippen molar-refractivity contribution in [3.63, 3.8) is 0 Å². The molecule has 0 fully saturated rings. The smallest absolute Gasteiger partial charge is 0.338 e. The van der Waals surface area contributed by atoms with E-state index in [4.69, 9.17) is 22.7 Å². The van der Waals surface area contributed by atoms with E-state index in [2.05, 4.69) is 10.5 Å². The highest BCUT2D eigenvalue weighted by Crippen LogP contribution is 2.38. The van der Waals surface area contributed by atoms with E-state index in [0.29, 0.717) is 11.3 Å². The number of methoxy groups -OCH3 is 1. The van der Waals surface area contributed by atoms with Gasteiger partial charge in [0.2, 0.25) is 0 Å². The van der Waals surface area contributed by atoms with Gasteiger partial charge in [-0.05, 0) is 29.4 Å². The third-order valence-electron chi connectivity index (χ3n) is 3.46. The molecule has 1 aliphatic carbocycles. The van der Waals surface area contributed by atoms with Crippen molar-refractivity contribution >= 4 is 29.0 Å². The van der Waals surface area contributed by atoms with E-state index in [1.165, 1.54) is 7.11 Å². The van der Waals surface area contributed by atoms with Gasteiger partial charge in [0.1, 0.15) is 0 Å². The fourth-order valence-corrected chi connectivity index (χ4v) is 2.64. The molecule has 0 aliphatic heterocycles. The zero-order valence-corrected chi connectivity index (χ0v) is 12.6. The van der Waals surface area contributed by atoms with Crippen LogP contribution in [0.2, 0.25) is 0 Å². The Kier molecular flexibility index (Phi) is 3.60.